The quantitative estimate of drug-likeness (QED) is 0.465. The molecular formula is C22H20ClFN2O3S2. The first-order valence-electron chi connectivity index (χ1n) is 9.19. The molecule has 0 bridgehead atoms. The van der Waals surface area contributed by atoms with Gasteiger partial charge in [-0.15, -0.1) is 11.8 Å². The zero-order valence-corrected chi connectivity index (χ0v) is 19.2. The molecule has 0 aromatic heterocycles. The van der Waals surface area contributed by atoms with Crippen LogP contribution in [0.3, 0.4) is 0 Å². The Kier molecular flexibility index (Phi) is 7.25. The van der Waals surface area contributed by atoms with E-state index in [2.05, 4.69) is 5.32 Å². The van der Waals surface area contributed by atoms with Crippen LogP contribution >= 0.6 is 23.4 Å². The van der Waals surface area contributed by atoms with E-state index in [0.29, 0.717) is 10.7 Å². The number of benzene rings is 3. The van der Waals surface area contributed by atoms with Crippen LogP contribution in [0.15, 0.2) is 76.5 Å². The van der Waals surface area contributed by atoms with Gasteiger partial charge in [0.15, 0.2) is 0 Å². The highest BCUT2D eigenvalue weighted by atomic mass is 35.5. The van der Waals surface area contributed by atoms with Crippen molar-refractivity contribution in [2.75, 3.05) is 22.4 Å². The number of sulfonamides is 1. The summed E-state index contributed by atoms with van der Waals surface area (Å²) >= 11 is 7.47. The number of thioether (sulfide) groups is 1. The average Bonchev–Trinajstić information content (AvgIpc) is 2.74. The van der Waals surface area contributed by atoms with Crippen LogP contribution in [0.1, 0.15) is 5.56 Å². The molecule has 0 aliphatic heterocycles. The van der Waals surface area contributed by atoms with Crippen molar-refractivity contribution in [1.29, 1.82) is 0 Å². The number of amides is 1. The average molecular weight is 479 g/mol. The molecule has 0 atom stereocenters. The predicted octanol–water partition coefficient (Wildman–Crippen LogP) is 5.34. The normalized spacial score (nSPS) is 11.2. The van der Waals surface area contributed by atoms with E-state index in [1.807, 2.05) is 6.26 Å². The summed E-state index contributed by atoms with van der Waals surface area (Å²) in [4.78, 5) is 13.7. The molecule has 3 aromatic rings. The molecule has 0 heterocycles. The summed E-state index contributed by atoms with van der Waals surface area (Å²) in [5.74, 6) is -1.19. The van der Waals surface area contributed by atoms with Crippen molar-refractivity contribution in [1.82, 2.24) is 0 Å². The third-order valence-electron chi connectivity index (χ3n) is 4.50. The summed E-state index contributed by atoms with van der Waals surface area (Å²) in [6.45, 7) is 1.25. The number of carbonyl (C=O) groups excluding carboxylic acids is 1. The van der Waals surface area contributed by atoms with Crippen molar-refractivity contribution in [3.05, 3.63) is 83.1 Å². The van der Waals surface area contributed by atoms with Gasteiger partial charge in [0.25, 0.3) is 10.0 Å². The maximum Gasteiger partial charge on any atom is 0.264 e. The maximum atomic E-state index is 13.9. The molecule has 0 unspecified atom stereocenters. The zero-order valence-electron chi connectivity index (χ0n) is 16.8. The van der Waals surface area contributed by atoms with Gasteiger partial charge in [-0.3, -0.25) is 9.10 Å². The number of carbonyl (C=O) groups is 1. The highest BCUT2D eigenvalue weighted by Crippen LogP contribution is 2.26. The molecular weight excluding hydrogens is 459 g/mol. The molecule has 3 rings (SSSR count). The van der Waals surface area contributed by atoms with Gasteiger partial charge in [0, 0.05) is 15.6 Å². The topological polar surface area (TPSA) is 66.5 Å². The van der Waals surface area contributed by atoms with E-state index in [-0.39, 0.29) is 10.6 Å². The number of nitrogens with zero attached hydrogens (tertiary/aromatic N) is 1. The number of halogens is 2. The molecule has 0 aliphatic carbocycles. The van der Waals surface area contributed by atoms with E-state index in [1.165, 1.54) is 42.1 Å². The van der Waals surface area contributed by atoms with Gasteiger partial charge in [0.2, 0.25) is 5.91 Å². The van der Waals surface area contributed by atoms with Gasteiger partial charge in [-0.1, -0.05) is 23.7 Å². The van der Waals surface area contributed by atoms with Gasteiger partial charge < -0.3 is 5.32 Å². The minimum Gasteiger partial charge on any atom is -0.324 e. The number of anilines is 2. The van der Waals surface area contributed by atoms with Crippen LogP contribution in [-0.4, -0.2) is 27.1 Å². The molecule has 0 radical (unpaired) electrons. The number of hydrogen-bond donors (Lipinski definition) is 1. The Bertz CT molecular complexity index is 1200. The van der Waals surface area contributed by atoms with Crippen LogP contribution in [0.25, 0.3) is 0 Å². The largest absolute Gasteiger partial charge is 0.324 e. The second kappa shape index (κ2) is 9.72. The minimum atomic E-state index is -4.13. The van der Waals surface area contributed by atoms with Crippen molar-refractivity contribution in [3.8, 4) is 0 Å². The third-order valence-corrected chi connectivity index (χ3v) is 7.27. The summed E-state index contributed by atoms with van der Waals surface area (Å²) in [5.41, 5.74) is 1.29. The fraction of sp³-hybridized carbons (Fsp3) is 0.136. The molecule has 3 aromatic carbocycles. The molecule has 0 fully saturated rings. The van der Waals surface area contributed by atoms with Gasteiger partial charge in [-0.2, -0.15) is 0 Å². The lowest BCUT2D eigenvalue weighted by Crippen LogP contribution is -2.38. The molecule has 1 amide bonds. The summed E-state index contributed by atoms with van der Waals surface area (Å²) in [6, 6.07) is 16.4. The molecule has 0 aliphatic rings. The Morgan fingerprint density at radius 1 is 1.10 bits per heavy atom. The molecule has 9 heteroatoms. The summed E-state index contributed by atoms with van der Waals surface area (Å²) in [7, 11) is -4.13. The Morgan fingerprint density at radius 2 is 1.81 bits per heavy atom. The van der Waals surface area contributed by atoms with E-state index < -0.39 is 28.3 Å². The molecule has 31 heavy (non-hydrogen) atoms. The van der Waals surface area contributed by atoms with Crippen molar-refractivity contribution in [3.63, 3.8) is 0 Å². The number of nitrogens with one attached hydrogen (secondary N) is 1. The molecule has 1 N–H and O–H groups in total. The van der Waals surface area contributed by atoms with Gasteiger partial charge in [-0.05, 0) is 73.3 Å². The lowest BCUT2D eigenvalue weighted by Gasteiger charge is -2.24. The van der Waals surface area contributed by atoms with Crippen LogP contribution in [0.5, 0.6) is 0 Å². The van der Waals surface area contributed by atoms with E-state index in [1.54, 1.807) is 37.3 Å². The first-order valence-corrected chi connectivity index (χ1v) is 12.2. The van der Waals surface area contributed by atoms with Gasteiger partial charge >= 0.3 is 0 Å². The van der Waals surface area contributed by atoms with Crippen molar-refractivity contribution >= 4 is 50.7 Å². The highest BCUT2D eigenvalue weighted by Gasteiger charge is 2.27. The highest BCUT2D eigenvalue weighted by molar-refractivity contribution is 7.98. The van der Waals surface area contributed by atoms with E-state index in [9.17, 15) is 17.6 Å². The first kappa shape index (κ1) is 23.1. The standard InChI is InChI=1S/C22H20ClFN2O3S2/c1-15-6-7-16(23)12-21(15)25-22(27)14-26(18-5-3-4-17(24)13-18)31(28,29)20-10-8-19(30-2)9-11-20/h3-13H,14H2,1-2H3,(H,25,27). The van der Waals surface area contributed by atoms with Crippen LogP contribution in [0.2, 0.25) is 5.02 Å². The fourth-order valence-corrected chi connectivity index (χ4v) is 4.86. The van der Waals surface area contributed by atoms with Crippen LogP contribution in [-0.2, 0) is 14.8 Å². The zero-order chi connectivity index (χ0) is 22.6. The lowest BCUT2D eigenvalue weighted by molar-refractivity contribution is -0.114. The Labute approximate surface area is 190 Å². The molecule has 5 nitrogen and oxygen atoms in total. The minimum absolute atomic E-state index is 0.00120. The lowest BCUT2D eigenvalue weighted by atomic mass is 10.2. The second-order valence-corrected chi connectivity index (χ2v) is 9.85. The maximum absolute atomic E-state index is 13.9. The molecule has 0 spiro atoms. The first-order chi connectivity index (χ1) is 14.7. The number of aryl methyl sites for hydroxylation is 1. The van der Waals surface area contributed by atoms with E-state index in [4.69, 9.17) is 11.6 Å². The number of rotatable bonds is 7. The Hall–Kier alpha value is -2.55. The number of hydrogen-bond acceptors (Lipinski definition) is 4. The molecule has 162 valence electrons. The second-order valence-electron chi connectivity index (χ2n) is 6.67. The van der Waals surface area contributed by atoms with Crippen molar-refractivity contribution in [2.45, 2.75) is 16.7 Å². The smallest absolute Gasteiger partial charge is 0.264 e. The Balaban J connectivity index is 1.96. The van der Waals surface area contributed by atoms with Crippen LogP contribution < -0.4 is 9.62 Å². The van der Waals surface area contributed by atoms with Crippen LogP contribution in [0, 0.1) is 12.7 Å². The van der Waals surface area contributed by atoms with Crippen molar-refractivity contribution < 1.29 is 17.6 Å². The van der Waals surface area contributed by atoms with E-state index >= 15 is 0 Å². The van der Waals surface area contributed by atoms with Gasteiger partial charge in [0.05, 0.1) is 10.6 Å². The Morgan fingerprint density at radius 3 is 2.45 bits per heavy atom. The summed E-state index contributed by atoms with van der Waals surface area (Å²) in [6.07, 6.45) is 1.88. The summed E-state index contributed by atoms with van der Waals surface area (Å²) < 4.78 is 41.4. The van der Waals surface area contributed by atoms with E-state index in [0.717, 1.165) is 20.8 Å². The predicted molar refractivity (Wildman–Crippen MR) is 124 cm³/mol. The fourth-order valence-electron chi connectivity index (χ4n) is 2.87. The van der Waals surface area contributed by atoms with Gasteiger partial charge in [0.1, 0.15) is 12.4 Å². The molecule has 0 saturated heterocycles. The van der Waals surface area contributed by atoms with Crippen LogP contribution in [0.4, 0.5) is 15.8 Å². The summed E-state index contributed by atoms with van der Waals surface area (Å²) in [5, 5.41) is 3.12. The molecule has 0 saturated carbocycles. The third kappa shape index (κ3) is 5.58. The monoisotopic (exact) mass is 478 g/mol. The van der Waals surface area contributed by atoms with Gasteiger partial charge in [-0.25, -0.2) is 12.8 Å². The van der Waals surface area contributed by atoms with Crippen molar-refractivity contribution in [2.24, 2.45) is 0 Å². The SMILES string of the molecule is CSc1ccc(S(=O)(=O)N(CC(=O)Nc2cc(Cl)ccc2C)c2cccc(F)c2)cc1.